The summed E-state index contributed by atoms with van der Waals surface area (Å²) in [4.78, 5) is 11.6. The Bertz CT molecular complexity index is 389. The molecule has 3 nitrogen and oxygen atoms in total. The molecule has 1 aliphatic rings. The lowest BCUT2D eigenvalue weighted by atomic mass is 9.94. The van der Waals surface area contributed by atoms with Gasteiger partial charge in [0.2, 0.25) is 0 Å². The number of anilines is 1. The third-order valence-corrected chi connectivity index (χ3v) is 4.17. The van der Waals surface area contributed by atoms with Crippen molar-refractivity contribution in [1.29, 1.82) is 0 Å². The third kappa shape index (κ3) is 3.22. The van der Waals surface area contributed by atoms with E-state index in [4.69, 9.17) is 4.98 Å². The maximum absolute atomic E-state index is 4.71. The Morgan fingerprint density at radius 1 is 1.22 bits per heavy atom. The first-order valence-corrected chi connectivity index (χ1v) is 7.97. The van der Waals surface area contributed by atoms with Crippen molar-refractivity contribution < 1.29 is 0 Å². The van der Waals surface area contributed by atoms with Crippen LogP contribution in [0.15, 0.2) is 6.20 Å². The maximum atomic E-state index is 4.71. The second kappa shape index (κ2) is 6.50. The normalized spacial score (nSPS) is 16.8. The SMILES string of the molecule is Cc1ncc(N(CCBr)C2CCCCC2)nc1C. The molecule has 2 rings (SSSR count). The van der Waals surface area contributed by atoms with Gasteiger partial charge in [0.15, 0.2) is 0 Å². The van der Waals surface area contributed by atoms with Crippen molar-refractivity contribution in [2.75, 3.05) is 16.8 Å². The highest BCUT2D eigenvalue weighted by molar-refractivity contribution is 9.09. The van der Waals surface area contributed by atoms with E-state index in [0.29, 0.717) is 6.04 Å². The zero-order valence-electron chi connectivity index (χ0n) is 11.3. The van der Waals surface area contributed by atoms with E-state index in [9.17, 15) is 0 Å². The number of halogens is 1. The van der Waals surface area contributed by atoms with E-state index < -0.39 is 0 Å². The van der Waals surface area contributed by atoms with E-state index in [1.54, 1.807) is 0 Å². The summed E-state index contributed by atoms with van der Waals surface area (Å²) in [5.74, 6) is 1.05. The molecule has 0 spiro atoms. The Morgan fingerprint density at radius 3 is 2.56 bits per heavy atom. The molecule has 0 amide bonds. The Labute approximate surface area is 118 Å². The number of nitrogens with zero attached hydrogens (tertiary/aromatic N) is 3. The van der Waals surface area contributed by atoms with Crippen LogP contribution in [0.2, 0.25) is 0 Å². The fourth-order valence-electron chi connectivity index (χ4n) is 2.64. The number of rotatable bonds is 4. The fraction of sp³-hybridized carbons (Fsp3) is 0.714. The molecule has 1 fully saturated rings. The Morgan fingerprint density at radius 2 is 1.94 bits per heavy atom. The van der Waals surface area contributed by atoms with Gasteiger partial charge in [-0.2, -0.15) is 0 Å². The standard InChI is InChI=1S/C14H22BrN3/c1-11-12(2)17-14(10-16-11)18(9-8-15)13-6-4-3-5-7-13/h10,13H,3-9H2,1-2H3. The molecule has 0 atom stereocenters. The van der Waals surface area contributed by atoms with Gasteiger partial charge in [-0.15, -0.1) is 0 Å². The summed E-state index contributed by atoms with van der Waals surface area (Å²) in [7, 11) is 0. The van der Waals surface area contributed by atoms with Crippen LogP contribution in [0.3, 0.4) is 0 Å². The average molecular weight is 312 g/mol. The lowest BCUT2D eigenvalue weighted by molar-refractivity contribution is 0.416. The van der Waals surface area contributed by atoms with E-state index in [2.05, 4.69) is 25.8 Å². The van der Waals surface area contributed by atoms with E-state index in [-0.39, 0.29) is 0 Å². The van der Waals surface area contributed by atoms with Gasteiger partial charge in [0, 0.05) is 17.9 Å². The van der Waals surface area contributed by atoms with Crippen molar-refractivity contribution in [3.63, 3.8) is 0 Å². The molecule has 100 valence electrons. The van der Waals surface area contributed by atoms with Crippen molar-refractivity contribution in [1.82, 2.24) is 9.97 Å². The first-order valence-electron chi connectivity index (χ1n) is 6.85. The number of aromatic nitrogens is 2. The molecule has 0 unspecified atom stereocenters. The molecule has 0 radical (unpaired) electrons. The van der Waals surface area contributed by atoms with Crippen LogP contribution in [0.5, 0.6) is 0 Å². The van der Waals surface area contributed by atoms with E-state index >= 15 is 0 Å². The number of aryl methyl sites for hydroxylation is 2. The lowest BCUT2D eigenvalue weighted by Crippen LogP contribution is -2.39. The molecule has 1 aromatic heterocycles. The largest absolute Gasteiger partial charge is 0.352 e. The second-order valence-electron chi connectivity index (χ2n) is 5.07. The van der Waals surface area contributed by atoms with Gasteiger partial charge < -0.3 is 4.90 Å². The smallest absolute Gasteiger partial charge is 0.147 e. The molecule has 0 aromatic carbocycles. The third-order valence-electron chi connectivity index (χ3n) is 3.81. The monoisotopic (exact) mass is 311 g/mol. The van der Waals surface area contributed by atoms with Crippen LogP contribution in [-0.4, -0.2) is 27.9 Å². The Balaban J connectivity index is 2.19. The molecule has 0 bridgehead atoms. The van der Waals surface area contributed by atoms with Crippen LogP contribution >= 0.6 is 15.9 Å². The van der Waals surface area contributed by atoms with E-state index in [1.165, 1.54) is 32.1 Å². The molecular weight excluding hydrogens is 290 g/mol. The highest BCUT2D eigenvalue weighted by Crippen LogP contribution is 2.26. The summed E-state index contributed by atoms with van der Waals surface area (Å²) >= 11 is 3.56. The maximum Gasteiger partial charge on any atom is 0.147 e. The van der Waals surface area contributed by atoms with Gasteiger partial charge in [0.05, 0.1) is 17.6 Å². The summed E-state index contributed by atoms with van der Waals surface area (Å²) in [6, 6.07) is 0.646. The van der Waals surface area contributed by atoms with Crippen LogP contribution in [0.4, 0.5) is 5.82 Å². The van der Waals surface area contributed by atoms with Crippen LogP contribution in [0.1, 0.15) is 43.5 Å². The summed E-state index contributed by atoms with van der Waals surface area (Å²) in [5, 5.41) is 0.984. The number of hydrogen-bond acceptors (Lipinski definition) is 3. The fourth-order valence-corrected chi connectivity index (χ4v) is 3.02. The van der Waals surface area contributed by atoms with Gasteiger partial charge in [0.1, 0.15) is 5.82 Å². The van der Waals surface area contributed by atoms with Crippen molar-refractivity contribution in [2.24, 2.45) is 0 Å². The molecule has 1 saturated carbocycles. The molecule has 1 aliphatic carbocycles. The summed E-state index contributed by atoms with van der Waals surface area (Å²) in [6.07, 6.45) is 8.60. The molecular formula is C14H22BrN3. The predicted molar refractivity (Wildman–Crippen MR) is 79.5 cm³/mol. The van der Waals surface area contributed by atoms with Crippen molar-refractivity contribution in [2.45, 2.75) is 52.0 Å². The summed E-state index contributed by atoms with van der Waals surface area (Å²) in [5.41, 5.74) is 2.07. The van der Waals surface area contributed by atoms with Gasteiger partial charge >= 0.3 is 0 Å². The van der Waals surface area contributed by atoms with Gasteiger partial charge in [-0.25, -0.2) is 4.98 Å². The Kier molecular flexibility index (Phi) is 4.98. The summed E-state index contributed by atoms with van der Waals surface area (Å²) < 4.78 is 0. The molecule has 0 saturated heterocycles. The van der Waals surface area contributed by atoms with Gasteiger partial charge in [-0.05, 0) is 26.7 Å². The van der Waals surface area contributed by atoms with Crippen molar-refractivity contribution in [3.05, 3.63) is 17.6 Å². The zero-order valence-corrected chi connectivity index (χ0v) is 12.9. The van der Waals surface area contributed by atoms with Crippen molar-refractivity contribution >= 4 is 21.7 Å². The van der Waals surface area contributed by atoms with E-state index in [1.807, 2.05) is 20.0 Å². The zero-order chi connectivity index (χ0) is 13.0. The first kappa shape index (κ1) is 13.8. The minimum absolute atomic E-state index is 0.646. The molecule has 1 aromatic rings. The quantitative estimate of drug-likeness (QED) is 0.795. The molecule has 0 aliphatic heterocycles. The lowest BCUT2D eigenvalue weighted by Gasteiger charge is -2.35. The van der Waals surface area contributed by atoms with Crippen LogP contribution < -0.4 is 4.90 Å². The molecule has 0 N–H and O–H groups in total. The minimum Gasteiger partial charge on any atom is -0.352 e. The molecule has 4 heteroatoms. The van der Waals surface area contributed by atoms with Crippen molar-refractivity contribution in [3.8, 4) is 0 Å². The van der Waals surface area contributed by atoms with Gasteiger partial charge in [0.25, 0.3) is 0 Å². The average Bonchev–Trinajstić information content (AvgIpc) is 2.40. The number of hydrogen-bond donors (Lipinski definition) is 0. The summed E-state index contributed by atoms with van der Waals surface area (Å²) in [6.45, 7) is 5.07. The van der Waals surface area contributed by atoms with Gasteiger partial charge in [-0.1, -0.05) is 35.2 Å². The van der Waals surface area contributed by atoms with Gasteiger partial charge in [-0.3, -0.25) is 4.98 Å². The second-order valence-corrected chi connectivity index (χ2v) is 5.87. The van der Waals surface area contributed by atoms with Crippen LogP contribution in [0, 0.1) is 13.8 Å². The topological polar surface area (TPSA) is 29.0 Å². The molecule has 18 heavy (non-hydrogen) atoms. The predicted octanol–water partition coefficient (Wildman–Crippen LogP) is 3.63. The number of alkyl halides is 1. The van der Waals surface area contributed by atoms with Crippen LogP contribution in [0.25, 0.3) is 0 Å². The highest BCUT2D eigenvalue weighted by Gasteiger charge is 2.22. The molecule has 1 heterocycles. The highest BCUT2D eigenvalue weighted by atomic mass is 79.9. The minimum atomic E-state index is 0.646. The van der Waals surface area contributed by atoms with E-state index in [0.717, 1.165) is 29.1 Å². The first-order chi connectivity index (χ1) is 8.72. The van der Waals surface area contributed by atoms with Crippen LogP contribution in [-0.2, 0) is 0 Å². The Hall–Kier alpha value is -0.640.